The van der Waals surface area contributed by atoms with E-state index in [0.717, 1.165) is 11.4 Å². The van der Waals surface area contributed by atoms with Crippen LogP contribution in [0.2, 0.25) is 0 Å². The van der Waals surface area contributed by atoms with Crippen LogP contribution in [0.1, 0.15) is 37.1 Å². The predicted molar refractivity (Wildman–Crippen MR) is 208 cm³/mol. The van der Waals surface area contributed by atoms with Gasteiger partial charge in [0, 0.05) is 45.0 Å². The van der Waals surface area contributed by atoms with E-state index in [1.165, 1.54) is 75.8 Å². The molecule has 0 heterocycles. The van der Waals surface area contributed by atoms with Crippen molar-refractivity contribution in [1.82, 2.24) is 0 Å². The fourth-order valence-electron chi connectivity index (χ4n) is 7.77. The van der Waals surface area contributed by atoms with E-state index < -0.39 is 0 Å². The second-order valence-electron chi connectivity index (χ2n) is 13.1. The number of nitrogens with one attached hydrogen (secondary N) is 2. The van der Waals surface area contributed by atoms with Gasteiger partial charge in [-0.2, -0.15) is 0 Å². The van der Waals surface area contributed by atoms with E-state index in [9.17, 15) is 0 Å². The Hall–Kier alpha value is -5.86. The van der Waals surface area contributed by atoms with Gasteiger partial charge in [-0.15, -0.1) is 0 Å². The normalized spacial score (nSPS) is 13.0. The largest absolute Gasteiger partial charge is 0.378 e. The molecule has 0 aliphatic heterocycles. The number of rotatable bonds is 6. The summed E-state index contributed by atoms with van der Waals surface area (Å²) in [6, 6.07) is 57.9. The van der Waals surface area contributed by atoms with Crippen LogP contribution in [0, 0.1) is 0 Å². The lowest BCUT2D eigenvalue weighted by molar-refractivity contribution is 0.887. The van der Waals surface area contributed by atoms with E-state index in [1.54, 1.807) is 0 Å². The molecule has 9 aromatic rings. The maximum atomic E-state index is 3.94. The van der Waals surface area contributed by atoms with Crippen LogP contribution in [0.15, 0.2) is 158 Å². The third kappa shape index (κ3) is 4.64. The summed E-state index contributed by atoms with van der Waals surface area (Å²) in [6.45, 7) is 4.51. The van der Waals surface area contributed by atoms with Gasteiger partial charge >= 0.3 is 0 Å². The van der Waals surface area contributed by atoms with Gasteiger partial charge < -0.3 is 10.6 Å². The monoisotopic (exact) mass is 616 g/mol. The summed E-state index contributed by atoms with van der Waals surface area (Å²) < 4.78 is 0. The Kier molecular flexibility index (Phi) is 6.76. The molecule has 0 unspecified atom stereocenters. The fraction of sp³-hybridized carbons (Fsp3) is 0.0870. The lowest BCUT2D eigenvalue weighted by Gasteiger charge is -2.23. The van der Waals surface area contributed by atoms with Crippen LogP contribution in [0.4, 0.5) is 11.4 Å². The van der Waals surface area contributed by atoms with Gasteiger partial charge in [-0.3, -0.25) is 0 Å². The number of fused-ring (bicyclic) bond motifs is 11. The average Bonchev–Trinajstić information content (AvgIpc) is 3.14. The van der Waals surface area contributed by atoms with E-state index in [-0.39, 0.29) is 12.1 Å². The molecule has 0 spiro atoms. The molecule has 2 nitrogen and oxygen atoms in total. The van der Waals surface area contributed by atoms with Gasteiger partial charge in [0.1, 0.15) is 0 Å². The summed E-state index contributed by atoms with van der Waals surface area (Å²) in [6.07, 6.45) is 0. The molecule has 0 amide bonds. The van der Waals surface area contributed by atoms with Gasteiger partial charge in [0.25, 0.3) is 0 Å². The molecule has 0 radical (unpaired) electrons. The predicted octanol–water partition coefficient (Wildman–Crippen LogP) is 13.0. The van der Waals surface area contributed by atoms with E-state index in [0.29, 0.717) is 0 Å². The van der Waals surface area contributed by atoms with Gasteiger partial charge in [0.2, 0.25) is 0 Å². The molecule has 0 bridgehead atoms. The first-order chi connectivity index (χ1) is 23.6. The highest BCUT2D eigenvalue weighted by Crippen LogP contribution is 2.47. The molecule has 2 N–H and O–H groups in total. The lowest BCUT2D eigenvalue weighted by atomic mass is 9.87. The zero-order valence-corrected chi connectivity index (χ0v) is 27.2. The van der Waals surface area contributed by atoms with Crippen molar-refractivity contribution >= 4 is 76.0 Å². The van der Waals surface area contributed by atoms with Crippen molar-refractivity contribution < 1.29 is 0 Å². The number of hydrogen-bond donors (Lipinski definition) is 2. The SMILES string of the molecule is C[C@H](Nc1cc2ccc3ccccc3c2c2c1ccc1c(N[C@@H](C)c3ccccc3)cc3ccc4ccccc4c3c12)c1ccccc1. The van der Waals surface area contributed by atoms with E-state index >= 15 is 0 Å². The van der Waals surface area contributed by atoms with Crippen molar-refractivity contribution in [2.45, 2.75) is 25.9 Å². The quantitative estimate of drug-likeness (QED) is 0.182. The molecule has 0 aromatic heterocycles. The summed E-state index contributed by atoms with van der Waals surface area (Å²) in [5, 5.41) is 23.1. The highest BCUT2D eigenvalue weighted by molar-refractivity contribution is 6.38. The summed E-state index contributed by atoms with van der Waals surface area (Å²) in [7, 11) is 0. The van der Waals surface area contributed by atoms with E-state index in [1.807, 2.05) is 0 Å². The maximum absolute atomic E-state index is 3.94. The molecule has 0 fully saturated rings. The minimum absolute atomic E-state index is 0.139. The van der Waals surface area contributed by atoms with Crippen LogP contribution in [-0.4, -0.2) is 0 Å². The molecule has 2 atom stereocenters. The molecule has 48 heavy (non-hydrogen) atoms. The third-order valence-corrected chi connectivity index (χ3v) is 10.2. The second-order valence-corrected chi connectivity index (χ2v) is 13.1. The van der Waals surface area contributed by atoms with Crippen molar-refractivity contribution in [3.05, 3.63) is 169 Å². The molecule has 9 aromatic carbocycles. The van der Waals surface area contributed by atoms with Crippen LogP contribution in [0.5, 0.6) is 0 Å². The van der Waals surface area contributed by atoms with Gasteiger partial charge in [0.15, 0.2) is 0 Å². The Morgan fingerprint density at radius 2 is 0.708 bits per heavy atom. The molecule has 2 heteroatoms. The molecular weight excluding hydrogens is 581 g/mol. The Balaban J connectivity index is 1.44. The zero-order chi connectivity index (χ0) is 32.2. The Morgan fingerprint density at radius 1 is 0.333 bits per heavy atom. The van der Waals surface area contributed by atoms with Gasteiger partial charge in [0.05, 0.1) is 0 Å². The first-order valence-electron chi connectivity index (χ1n) is 16.9. The Labute approximate surface area is 280 Å². The first-order valence-corrected chi connectivity index (χ1v) is 16.9. The Morgan fingerprint density at radius 3 is 1.15 bits per heavy atom. The van der Waals surface area contributed by atoms with Gasteiger partial charge in [-0.05, 0) is 80.2 Å². The maximum Gasteiger partial charge on any atom is 0.0485 e. The molecule has 9 rings (SSSR count). The van der Waals surface area contributed by atoms with Crippen molar-refractivity contribution in [3.63, 3.8) is 0 Å². The van der Waals surface area contributed by atoms with Crippen LogP contribution in [0.3, 0.4) is 0 Å². The number of anilines is 2. The molecular formula is C46H36N2. The molecule has 0 aliphatic rings. The smallest absolute Gasteiger partial charge is 0.0485 e. The lowest BCUT2D eigenvalue weighted by Crippen LogP contribution is -2.08. The zero-order valence-electron chi connectivity index (χ0n) is 27.2. The standard InChI is InChI=1S/C46H36N2/c1-29(31-13-5-3-6-14-31)47-41-27-35-23-21-33-17-9-11-19-37(33)43(35)45-39(41)25-26-40-42(48-30(2)32-15-7-4-8-16-32)28-36-24-22-34-18-10-12-20-38(34)44(36)46(40)45/h3-30,47-48H,1-2H3/t29-,30-/m0/s1. The minimum Gasteiger partial charge on any atom is -0.378 e. The highest BCUT2D eigenvalue weighted by Gasteiger charge is 2.20. The summed E-state index contributed by atoms with van der Waals surface area (Å²) in [5.74, 6) is 0. The molecule has 0 saturated heterocycles. The topological polar surface area (TPSA) is 24.1 Å². The fourth-order valence-corrected chi connectivity index (χ4v) is 7.77. The van der Waals surface area contributed by atoms with Crippen LogP contribution < -0.4 is 10.6 Å². The van der Waals surface area contributed by atoms with Crippen molar-refractivity contribution in [2.24, 2.45) is 0 Å². The first kappa shape index (κ1) is 28.4. The summed E-state index contributed by atoms with van der Waals surface area (Å²) in [4.78, 5) is 0. The van der Waals surface area contributed by atoms with Crippen LogP contribution in [-0.2, 0) is 0 Å². The van der Waals surface area contributed by atoms with Crippen LogP contribution >= 0.6 is 0 Å². The van der Waals surface area contributed by atoms with Gasteiger partial charge in [-0.25, -0.2) is 0 Å². The van der Waals surface area contributed by atoms with Gasteiger partial charge in [-0.1, -0.05) is 146 Å². The summed E-state index contributed by atoms with van der Waals surface area (Å²) >= 11 is 0. The third-order valence-electron chi connectivity index (χ3n) is 10.2. The van der Waals surface area contributed by atoms with Crippen molar-refractivity contribution in [1.29, 1.82) is 0 Å². The van der Waals surface area contributed by atoms with Crippen molar-refractivity contribution in [2.75, 3.05) is 10.6 Å². The molecule has 0 saturated carbocycles. The number of benzene rings is 9. The molecule has 0 aliphatic carbocycles. The Bertz CT molecular complexity index is 2460. The second kappa shape index (κ2) is 11.4. The van der Waals surface area contributed by atoms with E-state index in [2.05, 4.69) is 182 Å². The summed E-state index contributed by atoms with van der Waals surface area (Å²) in [5.41, 5.74) is 4.83. The average molecular weight is 617 g/mol. The number of hydrogen-bond acceptors (Lipinski definition) is 2. The van der Waals surface area contributed by atoms with E-state index in [4.69, 9.17) is 0 Å². The van der Waals surface area contributed by atoms with Crippen molar-refractivity contribution in [3.8, 4) is 0 Å². The minimum atomic E-state index is 0.139. The van der Waals surface area contributed by atoms with Crippen LogP contribution in [0.25, 0.3) is 64.6 Å². The highest BCUT2D eigenvalue weighted by atomic mass is 14.9. The molecule has 230 valence electrons.